The molecule has 2 aromatic rings. The number of aryl methyl sites for hydroxylation is 1. The summed E-state index contributed by atoms with van der Waals surface area (Å²) < 4.78 is 45.5. The molecule has 1 N–H and O–H groups in total. The Bertz CT molecular complexity index is 1020. The number of hydrogen-bond acceptors (Lipinski definition) is 4. The number of halogens is 1. The number of hydrogen-bond donors (Lipinski definition) is 1. The van der Waals surface area contributed by atoms with E-state index in [1.54, 1.807) is 24.3 Å². The molecule has 8 heteroatoms. The van der Waals surface area contributed by atoms with Crippen LogP contribution in [0.1, 0.15) is 23.5 Å². The molecule has 1 saturated carbocycles. The maximum atomic E-state index is 13.1. The molecule has 29 heavy (non-hydrogen) atoms. The molecular formula is C21H23FN2O4S. The Kier molecular flexibility index (Phi) is 5.42. The Morgan fingerprint density at radius 1 is 1.14 bits per heavy atom. The summed E-state index contributed by atoms with van der Waals surface area (Å²) in [6, 6.07) is 11.0. The second kappa shape index (κ2) is 7.85. The van der Waals surface area contributed by atoms with E-state index in [2.05, 4.69) is 5.32 Å². The first-order valence-corrected chi connectivity index (χ1v) is 11.0. The van der Waals surface area contributed by atoms with Crippen molar-refractivity contribution in [3.8, 4) is 0 Å². The number of carbonyl (C=O) groups is 1. The Morgan fingerprint density at radius 3 is 2.52 bits per heavy atom. The molecule has 2 fully saturated rings. The van der Waals surface area contributed by atoms with Crippen molar-refractivity contribution in [3.05, 3.63) is 59.4 Å². The van der Waals surface area contributed by atoms with E-state index in [0.717, 1.165) is 11.1 Å². The molecule has 1 heterocycles. The molecule has 4 rings (SSSR count). The minimum absolute atomic E-state index is 0.0659. The lowest BCUT2D eigenvalue weighted by Crippen LogP contribution is -2.40. The van der Waals surface area contributed by atoms with Crippen LogP contribution >= 0.6 is 0 Å². The van der Waals surface area contributed by atoms with Crippen molar-refractivity contribution in [2.24, 2.45) is 5.92 Å². The summed E-state index contributed by atoms with van der Waals surface area (Å²) >= 11 is 0. The summed E-state index contributed by atoms with van der Waals surface area (Å²) in [7, 11) is -3.63. The normalized spacial score (nSPS) is 22.3. The van der Waals surface area contributed by atoms with Gasteiger partial charge in [0.2, 0.25) is 15.9 Å². The monoisotopic (exact) mass is 418 g/mol. The number of anilines is 1. The molecular weight excluding hydrogens is 395 g/mol. The van der Waals surface area contributed by atoms with E-state index in [-0.39, 0.29) is 28.5 Å². The highest BCUT2D eigenvalue weighted by atomic mass is 32.2. The highest BCUT2D eigenvalue weighted by Crippen LogP contribution is 2.48. The zero-order valence-electron chi connectivity index (χ0n) is 16.1. The molecule has 1 amide bonds. The first-order valence-electron chi connectivity index (χ1n) is 9.61. The first-order chi connectivity index (χ1) is 13.9. The fourth-order valence-corrected chi connectivity index (χ4v) is 5.06. The number of nitrogens with one attached hydrogen (secondary N) is 1. The van der Waals surface area contributed by atoms with Crippen LogP contribution in [0.4, 0.5) is 10.1 Å². The molecule has 0 spiro atoms. The predicted octanol–water partition coefficient (Wildman–Crippen LogP) is 2.90. The minimum atomic E-state index is -3.63. The average Bonchev–Trinajstić information content (AvgIpc) is 3.52. The Morgan fingerprint density at radius 2 is 1.83 bits per heavy atom. The van der Waals surface area contributed by atoms with Crippen LogP contribution in [0.25, 0.3) is 0 Å². The third-order valence-corrected chi connectivity index (χ3v) is 7.39. The van der Waals surface area contributed by atoms with Gasteiger partial charge in [-0.2, -0.15) is 4.31 Å². The fourth-order valence-electron chi connectivity index (χ4n) is 3.62. The second-order valence-corrected chi connectivity index (χ2v) is 9.42. The maximum absolute atomic E-state index is 13.1. The topological polar surface area (TPSA) is 75.7 Å². The number of carbonyl (C=O) groups excluding carboxylic acids is 1. The molecule has 2 aromatic carbocycles. The average molecular weight is 418 g/mol. The van der Waals surface area contributed by atoms with Crippen LogP contribution in [0.5, 0.6) is 0 Å². The number of benzene rings is 2. The van der Waals surface area contributed by atoms with Gasteiger partial charge in [0, 0.05) is 24.7 Å². The van der Waals surface area contributed by atoms with E-state index in [1.165, 1.54) is 22.5 Å². The van der Waals surface area contributed by atoms with Crippen LogP contribution in [0, 0.1) is 18.7 Å². The molecule has 2 aliphatic rings. The zero-order chi connectivity index (χ0) is 20.6. The van der Waals surface area contributed by atoms with Gasteiger partial charge in [-0.15, -0.1) is 0 Å². The number of morpholine rings is 1. The van der Waals surface area contributed by atoms with Crippen molar-refractivity contribution in [2.75, 3.05) is 31.6 Å². The van der Waals surface area contributed by atoms with Crippen molar-refractivity contribution in [1.82, 2.24) is 4.31 Å². The number of ether oxygens (including phenoxy) is 1. The van der Waals surface area contributed by atoms with E-state index in [0.29, 0.717) is 38.4 Å². The van der Waals surface area contributed by atoms with Crippen LogP contribution in [-0.4, -0.2) is 44.9 Å². The molecule has 1 aliphatic carbocycles. The van der Waals surface area contributed by atoms with Gasteiger partial charge in [-0.25, -0.2) is 12.8 Å². The molecule has 2 atom stereocenters. The zero-order valence-corrected chi connectivity index (χ0v) is 16.9. The lowest BCUT2D eigenvalue weighted by atomic mass is 10.1. The molecule has 0 bridgehead atoms. The van der Waals surface area contributed by atoms with Crippen LogP contribution < -0.4 is 5.32 Å². The Hall–Kier alpha value is -2.29. The van der Waals surface area contributed by atoms with Gasteiger partial charge in [-0.05, 0) is 54.7 Å². The lowest BCUT2D eigenvalue weighted by molar-refractivity contribution is -0.117. The number of sulfonamides is 1. The number of amides is 1. The first kappa shape index (κ1) is 20.0. The van der Waals surface area contributed by atoms with Crippen LogP contribution in [0.2, 0.25) is 0 Å². The SMILES string of the molecule is Cc1ccc(S(=O)(=O)N2CCOCC2)cc1NC(=O)C1CC1c1ccc(F)cc1. The molecule has 1 saturated heterocycles. The van der Waals surface area contributed by atoms with Gasteiger partial charge in [-0.1, -0.05) is 18.2 Å². The summed E-state index contributed by atoms with van der Waals surface area (Å²) in [6.45, 7) is 3.21. The van der Waals surface area contributed by atoms with Crippen LogP contribution in [0.15, 0.2) is 47.4 Å². The minimum Gasteiger partial charge on any atom is -0.379 e. The van der Waals surface area contributed by atoms with Gasteiger partial charge in [-0.3, -0.25) is 4.79 Å². The largest absolute Gasteiger partial charge is 0.379 e. The third-order valence-electron chi connectivity index (χ3n) is 5.50. The van der Waals surface area contributed by atoms with Gasteiger partial charge in [0.1, 0.15) is 5.82 Å². The second-order valence-electron chi connectivity index (χ2n) is 7.48. The predicted molar refractivity (Wildman–Crippen MR) is 107 cm³/mol. The van der Waals surface area contributed by atoms with Gasteiger partial charge in [0.15, 0.2) is 0 Å². The van der Waals surface area contributed by atoms with Gasteiger partial charge >= 0.3 is 0 Å². The number of rotatable bonds is 5. The summed E-state index contributed by atoms with van der Waals surface area (Å²) in [5, 5.41) is 2.88. The smallest absolute Gasteiger partial charge is 0.243 e. The Balaban J connectivity index is 1.48. The molecule has 1 aliphatic heterocycles. The van der Waals surface area contributed by atoms with Gasteiger partial charge < -0.3 is 10.1 Å². The fraction of sp³-hybridized carbons (Fsp3) is 0.381. The summed E-state index contributed by atoms with van der Waals surface area (Å²) in [6.07, 6.45) is 0.697. The lowest BCUT2D eigenvalue weighted by Gasteiger charge is -2.26. The number of nitrogens with zero attached hydrogens (tertiary/aromatic N) is 1. The van der Waals surface area contributed by atoms with Gasteiger partial charge in [0.05, 0.1) is 18.1 Å². The molecule has 0 aromatic heterocycles. The summed E-state index contributed by atoms with van der Waals surface area (Å²) in [5.74, 6) is -0.580. The van der Waals surface area contributed by atoms with Crippen LogP contribution in [-0.2, 0) is 19.6 Å². The van der Waals surface area contributed by atoms with Crippen molar-refractivity contribution >= 4 is 21.6 Å². The highest BCUT2D eigenvalue weighted by Gasteiger charge is 2.44. The summed E-state index contributed by atoms with van der Waals surface area (Å²) in [5.41, 5.74) is 2.22. The quantitative estimate of drug-likeness (QED) is 0.810. The van der Waals surface area contributed by atoms with Crippen molar-refractivity contribution in [2.45, 2.75) is 24.2 Å². The summed E-state index contributed by atoms with van der Waals surface area (Å²) in [4.78, 5) is 12.8. The standard InChI is InChI=1S/C21H23FN2O4S/c1-14-2-7-17(29(26,27)24-8-10-28-11-9-24)12-20(14)23-21(25)19-13-18(19)15-3-5-16(22)6-4-15/h2-7,12,18-19H,8-11,13H2,1H3,(H,23,25). The van der Waals surface area contributed by atoms with Crippen LogP contribution in [0.3, 0.4) is 0 Å². The van der Waals surface area contributed by atoms with E-state index in [9.17, 15) is 17.6 Å². The highest BCUT2D eigenvalue weighted by molar-refractivity contribution is 7.89. The third kappa shape index (κ3) is 4.19. The Labute approximate surface area is 169 Å². The van der Waals surface area contributed by atoms with Crippen molar-refractivity contribution < 1.29 is 22.3 Å². The molecule has 2 unspecified atom stereocenters. The maximum Gasteiger partial charge on any atom is 0.243 e. The molecule has 6 nitrogen and oxygen atoms in total. The van der Waals surface area contributed by atoms with E-state index < -0.39 is 10.0 Å². The molecule has 154 valence electrons. The van der Waals surface area contributed by atoms with E-state index in [4.69, 9.17) is 4.74 Å². The van der Waals surface area contributed by atoms with E-state index in [1.807, 2.05) is 6.92 Å². The van der Waals surface area contributed by atoms with E-state index >= 15 is 0 Å². The van der Waals surface area contributed by atoms with Gasteiger partial charge in [0.25, 0.3) is 0 Å². The van der Waals surface area contributed by atoms with Crippen molar-refractivity contribution in [1.29, 1.82) is 0 Å². The van der Waals surface area contributed by atoms with Crippen molar-refractivity contribution in [3.63, 3.8) is 0 Å². The molecule has 0 radical (unpaired) electrons.